The zero-order valence-electron chi connectivity index (χ0n) is 23.1. The van der Waals surface area contributed by atoms with Crippen LogP contribution >= 0.6 is 0 Å². The molecule has 0 amide bonds. The molecular formula is C31H37F3N6. The number of hydrogen-bond acceptors (Lipinski definition) is 5. The van der Waals surface area contributed by atoms with E-state index in [1.165, 1.54) is 24.5 Å². The van der Waals surface area contributed by atoms with Gasteiger partial charge in [-0.2, -0.15) is 13.2 Å². The third-order valence-corrected chi connectivity index (χ3v) is 8.96. The van der Waals surface area contributed by atoms with E-state index in [2.05, 4.69) is 45.3 Å². The number of alkyl halides is 3. The molecule has 6 rings (SSSR count). The fourth-order valence-corrected chi connectivity index (χ4v) is 6.55. The third-order valence-electron chi connectivity index (χ3n) is 8.96. The largest absolute Gasteiger partial charge is 0.418 e. The Balaban J connectivity index is 1.29. The highest BCUT2D eigenvalue weighted by Crippen LogP contribution is 2.48. The van der Waals surface area contributed by atoms with Crippen LogP contribution in [0, 0.1) is 0 Å². The zero-order valence-corrected chi connectivity index (χ0v) is 23.1. The lowest BCUT2D eigenvalue weighted by Gasteiger charge is -2.42. The van der Waals surface area contributed by atoms with Crippen molar-refractivity contribution in [2.24, 2.45) is 0 Å². The van der Waals surface area contributed by atoms with Crippen molar-refractivity contribution in [2.45, 2.75) is 76.4 Å². The number of rotatable bonds is 7. The minimum absolute atomic E-state index is 0.0472. The van der Waals surface area contributed by atoms with Gasteiger partial charge in [0, 0.05) is 43.0 Å². The van der Waals surface area contributed by atoms with Crippen LogP contribution in [-0.2, 0) is 18.4 Å². The number of anilines is 1. The molecular weight excluding hydrogens is 513 g/mol. The summed E-state index contributed by atoms with van der Waals surface area (Å²) in [4.78, 5) is 5.69. The molecule has 1 aliphatic carbocycles. The zero-order chi connectivity index (χ0) is 27.9. The molecule has 2 fully saturated rings. The number of halogens is 3. The van der Waals surface area contributed by atoms with Crippen LogP contribution in [0.4, 0.5) is 18.9 Å². The van der Waals surface area contributed by atoms with Crippen LogP contribution in [0.3, 0.4) is 0 Å². The lowest BCUT2D eigenvalue weighted by molar-refractivity contribution is -0.0909. The Morgan fingerprint density at radius 2 is 1.77 bits per heavy atom. The summed E-state index contributed by atoms with van der Waals surface area (Å²) >= 11 is 0. The minimum Gasteiger partial charge on any atom is -0.318 e. The molecule has 0 atom stereocenters. The van der Waals surface area contributed by atoms with Crippen LogP contribution in [0.25, 0.3) is 0 Å². The Labute approximate surface area is 234 Å². The fourth-order valence-electron chi connectivity index (χ4n) is 6.55. The maximum absolute atomic E-state index is 14.3. The normalized spacial score (nSPS) is 21.4. The van der Waals surface area contributed by atoms with Gasteiger partial charge in [0.2, 0.25) is 0 Å². The number of aryl methyl sites for hydroxylation is 1. The minimum atomic E-state index is -4.47. The summed E-state index contributed by atoms with van der Waals surface area (Å²) in [5.74, 6) is 1.48. The lowest BCUT2D eigenvalue weighted by atomic mass is 9.62. The summed E-state index contributed by atoms with van der Waals surface area (Å²) in [5, 5.41) is 8.48. The highest BCUT2D eigenvalue weighted by atomic mass is 19.4. The Hall–Kier alpha value is -3.33. The summed E-state index contributed by atoms with van der Waals surface area (Å²) in [6, 6.07) is 8.20. The predicted molar refractivity (Wildman–Crippen MR) is 150 cm³/mol. The second kappa shape index (κ2) is 10.6. The lowest BCUT2D eigenvalue weighted by Crippen LogP contribution is -2.37. The molecule has 1 aromatic carbocycles. The summed E-state index contributed by atoms with van der Waals surface area (Å²) in [6.07, 6.45) is 10.6. The fraction of sp³-hybridized carbons (Fsp3) is 0.484. The van der Waals surface area contributed by atoms with Gasteiger partial charge in [0.1, 0.15) is 18.0 Å². The van der Waals surface area contributed by atoms with E-state index >= 15 is 0 Å². The van der Waals surface area contributed by atoms with Crippen LogP contribution in [0.1, 0.15) is 63.3 Å². The van der Waals surface area contributed by atoms with Gasteiger partial charge in [-0.15, -0.1) is 10.2 Å². The Bertz CT molecular complexity index is 1360. The summed E-state index contributed by atoms with van der Waals surface area (Å²) < 4.78 is 45.1. The average molecular weight is 551 g/mol. The van der Waals surface area contributed by atoms with Crippen LogP contribution in [0.5, 0.6) is 0 Å². The van der Waals surface area contributed by atoms with Gasteiger partial charge in [0.15, 0.2) is 0 Å². The first-order valence-electron chi connectivity index (χ1n) is 14.5. The van der Waals surface area contributed by atoms with Crippen LogP contribution in [0.15, 0.2) is 78.3 Å². The highest BCUT2D eigenvalue weighted by Gasteiger charge is 2.44. The number of fused-ring (bicyclic) bond motifs is 1. The van der Waals surface area contributed by atoms with Crippen molar-refractivity contribution in [3.05, 3.63) is 89.7 Å². The highest BCUT2D eigenvalue weighted by molar-refractivity contribution is 5.64. The van der Waals surface area contributed by atoms with Gasteiger partial charge in [0.05, 0.1) is 11.3 Å². The van der Waals surface area contributed by atoms with E-state index in [-0.39, 0.29) is 11.1 Å². The van der Waals surface area contributed by atoms with Gasteiger partial charge in [-0.25, -0.2) is 0 Å². The molecule has 1 saturated carbocycles. The van der Waals surface area contributed by atoms with Crippen molar-refractivity contribution in [3.63, 3.8) is 0 Å². The van der Waals surface area contributed by atoms with Crippen LogP contribution in [0.2, 0.25) is 0 Å². The standard InChI is InChI=1S/C31H37F3N6/c1-3-38-22-35-36-29(38)18-30(12-9-13-30)25-10-8-11-26(17-25)39-21-28-27(31(32,33)34)16-24(20-40(28)23(39)2)19-37-14-6-4-5-7-15-37/h8,10-11,16-17,20-22H,2-7,9,12-15,18-19H2,1H3. The second-order valence-electron chi connectivity index (χ2n) is 11.5. The Kier molecular flexibility index (Phi) is 7.10. The van der Waals surface area contributed by atoms with Gasteiger partial charge in [-0.05, 0) is 75.0 Å². The average Bonchev–Trinajstić information content (AvgIpc) is 3.40. The number of likely N-dealkylation sites (tertiary alicyclic amines) is 1. The topological polar surface area (TPSA) is 40.4 Å². The second-order valence-corrected chi connectivity index (χ2v) is 11.5. The number of nitrogens with zero attached hydrogens (tertiary/aromatic N) is 6. The third kappa shape index (κ3) is 5.00. The van der Waals surface area contributed by atoms with Crippen molar-refractivity contribution in [1.82, 2.24) is 24.6 Å². The number of benzene rings is 1. The molecule has 40 heavy (non-hydrogen) atoms. The van der Waals surface area contributed by atoms with E-state index in [0.29, 0.717) is 17.9 Å². The SMILES string of the molecule is C=C1N2C=C(CN3CCCCCC3)C=C(C(F)(F)F)C2=CN1c1cccc(C2(Cc3nncn3CC)CCC2)c1. The van der Waals surface area contributed by atoms with Crippen molar-refractivity contribution < 1.29 is 13.2 Å². The molecule has 0 radical (unpaired) electrons. The molecule has 1 saturated heterocycles. The van der Waals surface area contributed by atoms with E-state index in [4.69, 9.17) is 0 Å². The van der Waals surface area contributed by atoms with Crippen molar-refractivity contribution >= 4 is 5.69 Å². The number of aromatic nitrogens is 3. The van der Waals surface area contributed by atoms with Gasteiger partial charge in [-0.1, -0.05) is 38.0 Å². The van der Waals surface area contributed by atoms with Gasteiger partial charge in [0.25, 0.3) is 0 Å². The molecule has 0 bridgehead atoms. The van der Waals surface area contributed by atoms with Crippen LogP contribution in [-0.4, -0.2) is 50.4 Å². The van der Waals surface area contributed by atoms with E-state index in [0.717, 1.165) is 69.7 Å². The van der Waals surface area contributed by atoms with E-state index in [1.54, 1.807) is 22.3 Å². The molecule has 0 unspecified atom stereocenters. The molecule has 4 heterocycles. The molecule has 6 nitrogen and oxygen atoms in total. The van der Waals surface area contributed by atoms with E-state index < -0.39 is 11.7 Å². The van der Waals surface area contributed by atoms with E-state index in [9.17, 15) is 13.2 Å². The maximum Gasteiger partial charge on any atom is 0.418 e. The smallest absolute Gasteiger partial charge is 0.318 e. The van der Waals surface area contributed by atoms with Crippen molar-refractivity contribution in [3.8, 4) is 0 Å². The maximum atomic E-state index is 14.3. The molecule has 4 aliphatic rings. The molecule has 2 aromatic rings. The van der Waals surface area contributed by atoms with Gasteiger partial charge in [-0.3, -0.25) is 4.90 Å². The summed E-state index contributed by atoms with van der Waals surface area (Å²) in [6.45, 7) is 9.50. The predicted octanol–water partition coefficient (Wildman–Crippen LogP) is 6.66. The van der Waals surface area contributed by atoms with Crippen LogP contribution < -0.4 is 4.90 Å². The summed E-state index contributed by atoms with van der Waals surface area (Å²) in [5.41, 5.74) is 2.12. The molecule has 9 heteroatoms. The first-order chi connectivity index (χ1) is 19.3. The first-order valence-corrected chi connectivity index (χ1v) is 14.5. The quantitative estimate of drug-likeness (QED) is 0.386. The Morgan fingerprint density at radius 1 is 1.00 bits per heavy atom. The first kappa shape index (κ1) is 26.9. The summed E-state index contributed by atoms with van der Waals surface area (Å²) in [7, 11) is 0. The molecule has 3 aliphatic heterocycles. The van der Waals surface area contributed by atoms with Gasteiger partial charge < -0.3 is 14.4 Å². The number of hydrogen-bond donors (Lipinski definition) is 0. The molecule has 0 spiro atoms. The van der Waals surface area contributed by atoms with Crippen molar-refractivity contribution in [2.75, 3.05) is 24.5 Å². The molecule has 212 valence electrons. The van der Waals surface area contributed by atoms with Gasteiger partial charge >= 0.3 is 6.18 Å². The van der Waals surface area contributed by atoms with Crippen molar-refractivity contribution in [1.29, 1.82) is 0 Å². The number of allylic oxidation sites excluding steroid dienone is 1. The molecule has 0 N–H and O–H groups in total. The monoisotopic (exact) mass is 550 g/mol. The Morgan fingerprint density at radius 3 is 2.45 bits per heavy atom. The molecule has 1 aromatic heterocycles. The van der Waals surface area contributed by atoms with E-state index in [1.807, 2.05) is 18.3 Å².